The first-order chi connectivity index (χ1) is 9.78. The number of ether oxygens (including phenoxy) is 1. The lowest BCUT2D eigenvalue weighted by atomic mass is 9.91. The van der Waals surface area contributed by atoms with Crippen LogP contribution in [0.3, 0.4) is 0 Å². The van der Waals surface area contributed by atoms with Gasteiger partial charge in [0.1, 0.15) is 11.9 Å². The highest BCUT2D eigenvalue weighted by atomic mass is 35.5. The van der Waals surface area contributed by atoms with E-state index in [0.717, 1.165) is 29.2 Å². The van der Waals surface area contributed by atoms with Crippen molar-refractivity contribution in [3.63, 3.8) is 0 Å². The van der Waals surface area contributed by atoms with Crippen molar-refractivity contribution in [3.8, 4) is 5.75 Å². The summed E-state index contributed by atoms with van der Waals surface area (Å²) < 4.78 is 6.00. The first-order valence-corrected chi connectivity index (χ1v) is 7.34. The number of fused-ring (bicyclic) bond motifs is 1. The molecule has 0 bridgehead atoms. The Labute approximate surface area is 124 Å². The molecule has 2 aromatic carbocycles. The summed E-state index contributed by atoms with van der Waals surface area (Å²) in [5.74, 6) is 1.25. The third-order valence-electron chi connectivity index (χ3n) is 3.89. The van der Waals surface area contributed by atoms with Crippen LogP contribution in [0.5, 0.6) is 5.75 Å². The van der Waals surface area contributed by atoms with Gasteiger partial charge in [0.2, 0.25) is 0 Å². The van der Waals surface area contributed by atoms with E-state index < -0.39 is 0 Å². The van der Waals surface area contributed by atoms with Crippen molar-refractivity contribution in [1.82, 2.24) is 0 Å². The molecule has 0 spiro atoms. The van der Waals surface area contributed by atoms with Gasteiger partial charge in [-0.2, -0.15) is 0 Å². The fourth-order valence-corrected chi connectivity index (χ4v) is 3.15. The summed E-state index contributed by atoms with van der Waals surface area (Å²) in [5.41, 5.74) is 8.35. The van der Waals surface area contributed by atoms with Crippen molar-refractivity contribution in [1.29, 1.82) is 0 Å². The summed E-state index contributed by atoms with van der Waals surface area (Å²) in [6, 6.07) is 16.2. The number of hydrogen-bond donors (Lipinski definition) is 1. The van der Waals surface area contributed by atoms with Crippen molar-refractivity contribution in [2.75, 3.05) is 6.54 Å². The Balaban J connectivity index is 1.73. The lowest BCUT2D eigenvalue weighted by Gasteiger charge is -2.20. The molecule has 1 heterocycles. The Bertz CT molecular complexity index is 574. The summed E-state index contributed by atoms with van der Waals surface area (Å²) in [6.07, 6.45) is 2.05. The van der Waals surface area contributed by atoms with E-state index in [9.17, 15) is 0 Å². The van der Waals surface area contributed by atoms with Crippen molar-refractivity contribution in [3.05, 3.63) is 64.7 Å². The minimum Gasteiger partial charge on any atom is -0.490 e. The fourth-order valence-electron chi connectivity index (χ4n) is 2.86. The van der Waals surface area contributed by atoms with Gasteiger partial charge in [-0.3, -0.25) is 0 Å². The van der Waals surface area contributed by atoms with E-state index in [4.69, 9.17) is 22.1 Å². The number of hydrogen-bond acceptors (Lipinski definition) is 2. The van der Waals surface area contributed by atoms with E-state index in [1.165, 1.54) is 5.56 Å². The second-order valence-electron chi connectivity index (χ2n) is 5.24. The molecule has 1 aliphatic heterocycles. The minimum atomic E-state index is 0.192. The number of nitrogens with two attached hydrogens (primary N) is 1. The molecule has 0 saturated carbocycles. The highest BCUT2D eigenvalue weighted by Gasteiger charge is 2.26. The predicted molar refractivity (Wildman–Crippen MR) is 82.4 cm³/mol. The largest absolute Gasteiger partial charge is 0.490 e. The molecule has 2 nitrogen and oxygen atoms in total. The Morgan fingerprint density at radius 1 is 1.15 bits per heavy atom. The standard InChI is InChI=1S/C17H18ClNO/c18-16-7-3-2-6-15(16)13(11-19)10-14-9-12-5-1-4-8-17(12)20-14/h1-8,13-14H,9-11,19H2. The molecule has 0 aromatic heterocycles. The summed E-state index contributed by atoms with van der Waals surface area (Å²) in [4.78, 5) is 0. The van der Waals surface area contributed by atoms with Crippen LogP contribution in [0, 0.1) is 0 Å². The van der Waals surface area contributed by atoms with Gasteiger partial charge < -0.3 is 10.5 Å². The predicted octanol–water partition coefficient (Wildman–Crippen LogP) is 3.78. The smallest absolute Gasteiger partial charge is 0.123 e. The van der Waals surface area contributed by atoms with Gasteiger partial charge in [-0.15, -0.1) is 0 Å². The van der Waals surface area contributed by atoms with E-state index in [0.29, 0.717) is 6.54 Å². The molecule has 1 aliphatic rings. The second kappa shape index (κ2) is 5.86. The van der Waals surface area contributed by atoms with E-state index in [-0.39, 0.29) is 12.0 Å². The molecule has 0 fully saturated rings. The summed E-state index contributed by atoms with van der Waals surface area (Å²) in [5, 5.41) is 0.790. The minimum absolute atomic E-state index is 0.192. The Morgan fingerprint density at radius 3 is 2.65 bits per heavy atom. The molecule has 2 aromatic rings. The van der Waals surface area contributed by atoms with Crippen LogP contribution >= 0.6 is 11.6 Å². The molecule has 0 saturated heterocycles. The summed E-state index contributed by atoms with van der Waals surface area (Å²) >= 11 is 6.28. The van der Waals surface area contributed by atoms with Crippen LogP contribution in [0.25, 0.3) is 0 Å². The highest BCUT2D eigenvalue weighted by molar-refractivity contribution is 6.31. The van der Waals surface area contributed by atoms with E-state index in [2.05, 4.69) is 18.2 Å². The fraction of sp³-hybridized carbons (Fsp3) is 0.294. The maximum Gasteiger partial charge on any atom is 0.123 e. The van der Waals surface area contributed by atoms with Crippen molar-refractivity contribution in [2.45, 2.75) is 24.9 Å². The zero-order chi connectivity index (χ0) is 13.9. The van der Waals surface area contributed by atoms with Crippen LogP contribution in [-0.4, -0.2) is 12.6 Å². The van der Waals surface area contributed by atoms with Gasteiger partial charge in [0, 0.05) is 17.4 Å². The zero-order valence-electron chi connectivity index (χ0n) is 11.3. The van der Waals surface area contributed by atoms with Gasteiger partial charge in [0.25, 0.3) is 0 Å². The molecule has 20 heavy (non-hydrogen) atoms. The lowest BCUT2D eigenvalue weighted by molar-refractivity contribution is 0.210. The molecule has 0 aliphatic carbocycles. The first-order valence-electron chi connectivity index (χ1n) is 6.97. The Hall–Kier alpha value is -1.51. The van der Waals surface area contributed by atoms with E-state index in [1.807, 2.05) is 30.3 Å². The molecule has 3 heteroatoms. The zero-order valence-corrected chi connectivity index (χ0v) is 12.0. The number of halogens is 1. The first kappa shape index (κ1) is 13.5. The van der Waals surface area contributed by atoms with Gasteiger partial charge >= 0.3 is 0 Å². The molecule has 104 valence electrons. The molecule has 0 radical (unpaired) electrons. The van der Waals surface area contributed by atoms with Gasteiger partial charge in [-0.1, -0.05) is 48.0 Å². The molecular formula is C17H18ClNO. The van der Waals surface area contributed by atoms with Crippen LogP contribution in [0.1, 0.15) is 23.5 Å². The van der Waals surface area contributed by atoms with E-state index in [1.54, 1.807) is 0 Å². The number of para-hydroxylation sites is 1. The maximum absolute atomic E-state index is 6.28. The third-order valence-corrected chi connectivity index (χ3v) is 4.24. The molecule has 2 unspecified atom stereocenters. The monoisotopic (exact) mass is 287 g/mol. The Kier molecular flexibility index (Phi) is 3.95. The van der Waals surface area contributed by atoms with Crippen LogP contribution in [0.15, 0.2) is 48.5 Å². The number of rotatable bonds is 4. The van der Waals surface area contributed by atoms with Crippen LogP contribution in [0.4, 0.5) is 0 Å². The van der Waals surface area contributed by atoms with Crippen LogP contribution in [0.2, 0.25) is 5.02 Å². The summed E-state index contributed by atoms with van der Waals surface area (Å²) in [6.45, 7) is 0.583. The quantitative estimate of drug-likeness (QED) is 0.929. The SMILES string of the molecule is NCC(CC1Cc2ccccc2O1)c1ccccc1Cl. The van der Waals surface area contributed by atoms with Gasteiger partial charge in [-0.05, 0) is 36.2 Å². The maximum atomic E-state index is 6.28. The Morgan fingerprint density at radius 2 is 1.90 bits per heavy atom. The average molecular weight is 288 g/mol. The van der Waals surface area contributed by atoms with Crippen molar-refractivity contribution in [2.24, 2.45) is 5.73 Å². The van der Waals surface area contributed by atoms with Crippen LogP contribution in [-0.2, 0) is 6.42 Å². The topological polar surface area (TPSA) is 35.2 Å². The average Bonchev–Trinajstić information content (AvgIpc) is 2.88. The van der Waals surface area contributed by atoms with E-state index >= 15 is 0 Å². The third kappa shape index (κ3) is 2.67. The molecule has 3 rings (SSSR count). The number of benzene rings is 2. The molecule has 2 atom stereocenters. The van der Waals surface area contributed by atoms with Crippen LogP contribution < -0.4 is 10.5 Å². The van der Waals surface area contributed by atoms with Crippen molar-refractivity contribution >= 4 is 11.6 Å². The van der Waals surface area contributed by atoms with Gasteiger partial charge in [-0.25, -0.2) is 0 Å². The highest BCUT2D eigenvalue weighted by Crippen LogP contribution is 2.34. The molecular weight excluding hydrogens is 270 g/mol. The van der Waals surface area contributed by atoms with Crippen molar-refractivity contribution < 1.29 is 4.74 Å². The lowest BCUT2D eigenvalue weighted by Crippen LogP contribution is -2.22. The molecule has 2 N–H and O–H groups in total. The summed E-state index contributed by atoms with van der Waals surface area (Å²) in [7, 11) is 0. The van der Waals surface area contributed by atoms with Gasteiger partial charge in [0.15, 0.2) is 0 Å². The normalized spacial score (nSPS) is 18.4. The second-order valence-corrected chi connectivity index (χ2v) is 5.65. The van der Waals surface area contributed by atoms with Gasteiger partial charge in [0.05, 0.1) is 0 Å². The molecule has 0 amide bonds.